The molecule has 0 aromatic heterocycles. The van der Waals surface area contributed by atoms with Gasteiger partial charge < -0.3 is 10.1 Å². The van der Waals surface area contributed by atoms with Crippen molar-refractivity contribution >= 4 is 0 Å². The van der Waals surface area contributed by atoms with Gasteiger partial charge in [-0.3, -0.25) is 0 Å². The highest BCUT2D eigenvalue weighted by Gasteiger charge is 2.26. The van der Waals surface area contributed by atoms with Crippen LogP contribution in [0.5, 0.6) is 5.75 Å². The smallest absolute Gasteiger partial charge is 0.122 e. The summed E-state index contributed by atoms with van der Waals surface area (Å²) in [6, 6.07) is 9.09. The van der Waals surface area contributed by atoms with E-state index < -0.39 is 0 Å². The lowest BCUT2D eigenvalue weighted by Gasteiger charge is -2.32. The molecule has 21 heavy (non-hydrogen) atoms. The highest BCUT2D eigenvalue weighted by molar-refractivity contribution is 5.35. The maximum atomic E-state index is 5.98. The van der Waals surface area contributed by atoms with Crippen LogP contribution in [0.4, 0.5) is 0 Å². The van der Waals surface area contributed by atoms with Crippen molar-refractivity contribution in [3.8, 4) is 5.75 Å². The lowest BCUT2D eigenvalue weighted by molar-refractivity contribution is 0.177. The summed E-state index contributed by atoms with van der Waals surface area (Å²) in [4.78, 5) is 0. The fourth-order valence-corrected chi connectivity index (χ4v) is 3.19. The zero-order valence-electron chi connectivity index (χ0n) is 13.9. The zero-order chi connectivity index (χ0) is 15.1. The first-order chi connectivity index (χ1) is 10.2. The second-order valence-corrected chi connectivity index (χ2v) is 6.77. The molecule has 1 aromatic carbocycles. The summed E-state index contributed by atoms with van der Waals surface area (Å²) < 4.78 is 5.98. The van der Waals surface area contributed by atoms with Crippen LogP contribution < -0.4 is 10.1 Å². The summed E-state index contributed by atoms with van der Waals surface area (Å²) in [6.45, 7) is 8.85. The standard InChI is InChI=1S/C19H31NO/c1-4-12-20-18(10-7-8-15(2)3)17-13-16-9-5-6-11-19(16)21-14-17/h5-6,9,11,15,17-18,20H,4,7-8,10,12-14H2,1-3H3. The van der Waals surface area contributed by atoms with Crippen LogP contribution in [0.1, 0.15) is 52.0 Å². The summed E-state index contributed by atoms with van der Waals surface area (Å²) in [5, 5.41) is 3.76. The number of para-hydroxylation sites is 1. The van der Waals surface area contributed by atoms with Gasteiger partial charge in [-0.2, -0.15) is 0 Å². The van der Waals surface area contributed by atoms with E-state index in [1.807, 2.05) is 0 Å². The average Bonchev–Trinajstić information content (AvgIpc) is 2.50. The van der Waals surface area contributed by atoms with E-state index in [4.69, 9.17) is 4.74 Å². The molecule has 2 nitrogen and oxygen atoms in total. The van der Waals surface area contributed by atoms with Crippen molar-refractivity contribution in [3.63, 3.8) is 0 Å². The van der Waals surface area contributed by atoms with Crippen LogP contribution in [-0.4, -0.2) is 19.2 Å². The van der Waals surface area contributed by atoms with Gasteiger partial charge >= 0.3 is 0 Å². The van der Waals surface area contributed by atoms with Crippen LogP contribution in [0.15, 0.2) is 24.3 Å². The maximum absolute atomic E-state index is 5.98. The lowest BCUT2D eigenvalue weighted by atomic mass is 9.87. The molecule has 0 fully saturated rings. The van der Waals surface area contributed by atoms with Crippen LogP contribution >= 0.6 is 0 Å². The number of fused-ring (bicyclic) bond motifs is 1. The molecule has 2 rings (SSSR count). The molecule has 0 saturated heterocycles. The first-order valence-electron chi connectivity index (χ1n) is 8.64. The van der Waals surface area contributed by atoms with Gasteiger partial charge in [0.25, 0.3) is 0 Å². The van der Waals surface area contributed by atoms with Crippen molar-refractivity contribution < 1.29 is 4.74 Å². The molecule has 2 atom stereocenters. The van der Waals surface area contributed by atoms with Gasteiger partial charge in [0.15, 0.2) is 0 Å². The third-order valence-corrected chi connectivity index (χ3v) is 4.43. The van der Waals surface area contributed by atoms with E-state index in [-0.39, 0.29) is 0 Å². The Kier molecular flexibility index (Phi) is 6.56. The minimum absolute atomic E-state index is 0.594. The normalized spacial score (nSPS) is 19.1. The minimum Gasteiger partial charge on any atom is -0.493 e. The first kappa shape index (κ1) is 16.4. The van der Waals surface area contributed by atoms with Gasteiger partial charge in [0.1, 0.15) is 5.75 Å². The van der Waals surface area contributed by atoms with Crippen LogP contribution in [0.3, 0.4) is 0 Å². The Balaban J connectivity index is 1.93. The second kappa shape index (κ2) is 8.43. The molecular weight excluding hydrogens is 258 g/mol. The van der Waals surface area contributed by atoms with E-state index >= 15 is 0 Å². The molecule has 0 amide bonds. The number of nitrogens with one attached hydrogen (secondary N) is 1. The van der Waals surface area contributed by atoms with Gasteiger partial charge in [0.05, 0.1) is 6.61 Å². The Labute approximate surface area is 130 Å². The molecule has 1 aromatic rings. The number of benzene rings is 1. The van der Waals surface area contributed by atoms with Crippen molar-refractivity contribution in [1.29, 1.82) is 0 Å². The highest BCUT2D eigenvalue weighted by Crippen LogP contribution is 2.29. The molecule has 0 radical (unpaired) electrons. The predicted octanol–water partition coefficient (Wildman–Crippen LogP) is 4.43. The molecule has 1 aliphatic heterocycles. The number of hydrogen-bond donors (Lipinski definition) is 1. The van der Waals surface area contributed by atoms with Crippen molar-refractivity contribution in [2.75, 3.05) is 13.2 Å². The van der Waals surface area contributed by atoms with Gasteiger partial charge in [-0.1, -0.05) is 51.8 Å². The largest absolute Gasteiger partial charge is 0.493 e. The molecule has 0 aliphatic carbocycles. The van der Waals surface area contributed by atoms with Crippen LogP contribution in [0.2, 0.25) is 0 Å². The van der Waals surface area contributed by atoms with Gasteiger partial charge in [0.2, 0.25) is 0 Å². The summed E-state index contributed by atoms with van der Waals surface area (Å²) >= 11 is 0. The Bertz CT molecular complexity index is 416. The summed E-state index contributed by atoms with van der Waals surface area (Å²) in [7, 11) is 0. The topological polar surface area (TPSA) is 21.3 Å². The fourth-order valence-electron chi connectivity index (χ4n) is 3.19. The van der Waals surface area contributed by atoms with Gasteiger partial charge in [-0.15, -0.1) is 0 Å². The monoisotopic (exact) mass is 289 g/mol. The molecule has 0 saturated carbocycles. The Morgan fingerprint density at radius 3 is 2.81 bits per heavy atom. The predicted molar refractivity (Wildman–Crippen MR) is 89.9 cm³/mol. The molecule has 1 aliphatic rings. The van der Waals surface area contributed by atoms with Crippen molar-refractivity contribution in [2.45, 2.75) is 58.9 Å². The van der Waals surface area contributed by atoms with E-state index in [1.54, 1.807) is 0 Å². The number of hydrogen-bond acceptors (Lipinski definition) is 2. The lowest BCUT2D eigenvalue weighted by Crippen LogP contribution is -2.42. The van der Waals surface area contributed by atoms with Crippen molar-refractivity contribution in [2.24, 2.45) is 11.8 Å². The van der Waals surface area contributed by atoms with Crippen molar-refractivity contribution in [3.05, 3.63) is 29.8 Å². The average molecular weight is 289 g/mol. The highest BCUT2D eigenvalue weighted by atomic mass is 16.5. The van der Waals surface area contributed by atoms with Crippen LogP contribution in [-0.2, 0) is 6.42 Å². The molecule has 2 heteroatoms. The Morgan fingerprint density at radius 2 is 2.05 bits per heavy atom. The quantitative estimate of drug-likeness (QED) is 0.764. The second-order valence-electron chi connectivity index (χ2n) is 6.77. The van der Waals surface area contributed by atoms with E-state index in [2.05, 4.69) is 50.4 Å². The molecule has 118 valence electrons. The van der Waals surface area contributed by atoms with E-state index in [1.165, 1.54) is 31.2 Å². The van der Waals surface area contributed by atoms with Crippen molar-refractivity contribution in [1.82, 2.24) is 5.32 Å². The molecule has 1 heterocycles. The van der Waals surface area contributed by atoms with E-state index in [9.17, 15) is 0 Å². The van der Waals surface area contributed by atoms with E-state index in [0.717, 1.165) is 31.2 Å². The van der Waals surface area contributed by atoms with Gasteiger partial charge in [0, 0.05) is 12.0 Å². The molecule has 2 unspecified atom stereocenters. The first-order valence-corrected chi connectivity index (χ1v) is 8.64. The third-order valence-electron chi connectivity index (χ3n) is 4.43. The van der Waals surface area contributed by atoms with Crippen LogP contribution in [0.25, 0.3) is 0 Å². The Morgan fingerprint density at radius 1 is 1.24 bits per heavy atom. The summed E-state index contributed by atoms with van der Waals surface area (Å²) in [5.74, 6) is 2.50. The zero-order valence-corrected chi connectivity index (χ0v) is 13.9. The fraction of sp³-hybridized carbons (Fsp3) is 0.684. The van der Waals surface area contributed by atoms with Gasteiger partial charge in [-0.25, -0.2) is 0 Å². The summed E-state index contributed by atoms with van der Waals surface area (Å²) in [6.07, 6.45) is 6.27. The number of ether oxygens (including phenoxy) is 1. The van der Waals surface area contributed by atoms with E-state index in [0.29, 0.717) is 12.0 Å². The SMILES string of the molecule is CCCNC(CCCC(C)C)C1COc2ccccc2C1. The molecular formula is C19H31NO. The molecule has 0 bridgehead atoms. The van der Waals surface area contributed by atoms with Gasteiger partial charge in [-0.05, 0) is 43.4 Å². The third kappa shape index (κ3) is 5.03. The minimum atomic E-state index is 0.594. The maximum Gasteiger partial charge on any atom is 0.122 e. The Hall–Kier alpha value is -1.02. The molecule has 0 spiro atoms. The number of rotatable bonds is 8. The molecule has 1 N–H and O–H groups in total. The summed E-state index contributed by atoms with van der Waals surface area (Å²) in [5.41, 5.74) is 1.38. The van der Waals surface area contributed by atoms with Crippen LogP contribution in [0, 0.1) is 11.8 Å².